The van der Waals surface area contributed by atoms with Crippen LogP contribution in [0.3, 0.4) is 0 Å². The highest BCUT2D eigenvalue weighted by atomic mass is 16.4. The highest BCUT2D eigenvalue weighted by Gasteiger charge is 2.15. The van der Waals surface area contributed by atoms with Crippen LogP contribution in [-0.4, -0.2) is 48.1 Å². The lowest BCUT2D eigenvalue weighted by atomic mass is 10.1. The number of carbonyl (C=O) groups excluding carboxylic acids is 1. The number of carbonyl (C=O) groups is 2. The number of rotatable bonds is 5. The summed E-state index contributed by atoms with van der Waals surface area (Å²) in [5, 5.41) is 11.4. The fourth-order valence-electron chi connectivity index (χ4n) is 2.17. The Hall–Kier alpha value is -1.82. The van der Waals surface area contributed by atoms with Crippen LogP contribution in [0.25, 0.3) is 0 Å². The molecule has 6 heteroatoms. The van der Waals surface area contributed by atoms with E-state index in [1.54, 1.807) is 0 Å². The van der Waals surface area contributed by atoms with Gasteiger partial charge in [0.05, 0.1) is 0 Å². The lowest BCUT2D eigenvalue weighted by Gasteiger charge is -2.26. The van der Waals surface area contributed by atoms with Gasteiger partial charge in [0.1, 0.15) is 0 Å². The molecule has 6 nitrogen and oxygen atoms in total. The molecule has 1 saturated heterocycles. The molecule has 2 rings (SSSR count). The molecular formula is C13H18N2O4. The van der Waals surface area contributed by atoms with Crippen LogP contribution in [0.4, 0.5) is 0 Å². The molecule has 0 aromatic carbocycles. The number of hydrogen-bond donors (Lipinski definition) is 2. The van der Waals surface area contributed by atoms with Crippen LogP contribution in [0.1, 0.15) is 40.4 Å². The third kappa shape index (κ3) is 3.82. The minimum absolute atomic E-state index is 0.0380. The van der Waals surface area contributed by atoms with Crippen LogP contribution in [0.2, 0.25) is 0 Å². The first kappa shape index (κ1) is 13.6. The van der Waals surface area contributed by atoms with Crippen molar-refractivity contribution in [1.82, 2.24) is 10.2 Å². The highest BCUT2D eigenvalue weighted by Crippen LogP contribution is 2.08. The number of nitrogens with one attached hydrogen (secondary N) is 1. The molecule has 1 aliphatic heterocycles. The fraction of sp³-hybridized carbons (Fsp3) is 0.538. The predicted octanol–water partition coefficient (Wildman–Crippen LogP) is 1.19. The van der Waals surface area contributed by atoms with Crippen LogP contribution in [0.15, 0.2) is 16.5 Å². The van der Waals surface area contributed by atoms with Gasteiger partial charge >= 0.3 is 5.97 Å². The second kappa shape index (κ2) is 6.38. The number of aromatic carboxylic acids is 1. The molecule has 104 valence electrons. The molecule has 2 heterocycles. The van der Waals surface area contributed by atoms with E-state index in [1.165, 1.54) is 31.4 Å². The van der Waals surface area contributed by atoms with E-state index in [0.29, 0.717) is 6.54 Å². The van der Waals surface area contributed by atoms with Gasteiger partial charge in [-0.3, -0.25) is 4.79 Å². The summed E-state index contributed by atoms with van der Waals surface area (Å²) in [4.78, 5) is 24.6. The van der Waals surface area contributed by atoms with E-state index >= 15 is 0 Å². The van der Waals surface area contributed by atoms with E-state index in [9.17, 15) is 9.59 Å². The van der Waals surface area contributed by atoms with Gasteiger partial charge in [-0.15, -0.1) is 0 Å². The Morgan fingerprint density at radius 1 is 1.21 bits per heavy atom. The SMILES string of the molecule is O=C(O)c1ccc(C(=O)NCCN2CCCCC2)o1. The van der Waals surface area contributed by atoms with Gasteiger partial charge in [-0.25, -0.2) is 4.79 Å². The van der Waals surface area contributed by atoms with E-state index < -0.39 is 5.97 Å². The molecule has 1 fully saturated rings. The minimum atomic E-state index is -1.17. The standard InChI is InChI=1S/C13H18N2O4/c16-12(10-4-5-11(19-10)13(17)18)14-6-9-15-7-2-1-3-8-15/h4-5H,1-3,6-9H2,(H,14,16)(H,17,18). The Labute approximate surface area is 111 Å². The molecule has 0 radical (unpaired) electrons. The van der Waals surface area contributed by atoms with Gasteiger partial charge in [0, 0.05) is 13.1 Å². The first-order valence-corrected chi connectivity index (χ1v) is 6.50. The van der Waals surface area contributed by atoms with Gasteiger partial charge in [-0.05, 0) is 38.1 Å². The van der Waals surface area contributed by atoms with Gasteiger partial charge in [-0.2, -0.15) is 0 Å². The number of carboxylic acids is 1. The third-order valence-corrected chi connectivity index (χ3v) is 3.20. The molecule has 19 heavy (non-hydrogen) atoms. The Bertz CT molecular complexity index is 449. The molecule has 0 saturated carbocycles. The largest absolute Gasteiger partial charge is 0.475 e. The molecule has 0 spiro atoms. The highest BCUT2D eigenvalue weighted by molar-refractivity contribution is 5.93. The normalized spacial score (nSPS) is 16.2. The monoisotopic (exact) mass is 266 g/mol. The van der Waals surface area contributed by atoms with Crippen LogP contribution in [0, 0.1) is 0 Å². The molecule has 0 aliphatic carbocycles. The average molecular weight is 266 g/mol. The lowest BCUT2D eigenvalue weighted by Crippen LogP contribution is -2.37. The minimum Gasteiger partial charge on any atom is -0.475 e. The maximum absolute atomic E-state index is 11.7. The first-order chi connectivity index (χ1) is 9.16. The number of furan rings is 1. The summed E-state index contributed by atoms with van der Waals surface area (Å²) in [6, 6.07) is 2.65. The molecule has 0 bridgehead atoms. The summed E-state index contributed by atoms with van der Waals surface area (Å²) >= 11 is 0. The van der Waals surface area contributed by atoms with Crippen molar-refractivity contribution in [1.29, 1.82) is 0 Å². The van der Waals surface area contributed by atoms with Crippen molar-refractivity contribution in [3.8, 4) is 0 Å². The average Bonchev–Trinajstić information content (AvgIpc) is 2.89. The van der Waals surface area contributed by atoms with E-state index in [-0.39, 0.29) is 17.4 Å². The maximum atomic E-state index is 11.7. The van der Waals surface area contributed by atoms with Crippen LogP contribution < -0.4 is 5.32 Å². The first-order valence-electron chi connectivity index (χ1n) is 6.50. The molecule has 0 atom stereocenters. The summed E-state index contributed by atoms with van der Waals surface area (Å²) < 4.78 is 4.92. The number of piperidine rings is 1. The number of amides is 1. The molecule has 2 N–H and O–H groups in total. The third-order valence-electron chi connectivity index (χ3n) is 3.20. The quantitative estimate of drug-likeness (QED) is 0.836. The summed E-state index contributed by atoms with van der Waals surface area (Å²) in [6.07, 6.45) is 3.72. The van der Waals surface area contributed by atoms with Crippen molar-refractivity contribution in [2.45, 2.75) is 19.3 Å². The van der Waals surface area contributed by atoms with Crippen molar-refractivity contribution in [2.75, 3.05) is 26.2 Å². The molecule has 1 aromatic heterocycles. The van der Waals surface area contributed by atoms with Crippen molar-refractivity contribution in [3.63, 3.8) is 0 Å². The van der Waals surface area contributed by atoms with E-state index in [1.807, 2.05) is 0 Å². The van der Waals surface area contributed by atoms with Crippen molar-refractivity contribution in [3.05, 3.63) is 23.7 Å². The molecule has 1 aromatic rings. The van der Waals surface area contributed by atoms with Crippen LogP contribution in [-0.2, 0) is 0 Å². The summed E-state index contributed by atoms with van der Waals surface area (Å²) in [5.41, 5.74) is 0. The zero-order valence-electron chi connectivity index (χ0n) is 10.7. The fourth-order valence-corrected chi connectivity index (χ4v) is 2.17. The lowest BCUT2D eigenvalue weighted by molar-refractivity contribution is 0.0659. The Kier molecular flexibility index (Phi) is 4.57. The second-order valence-corrected chi connectivity index (χ2v) is 4.63. The van der Waals surface area contributed by atoms with Crippen molar-refractivity contribution >= 4 is 11.9 Å². The Balaban J connectivity index is 1.75. The summed E-state index contributed by atoms with van der Waals surface area (Å²) in [6.45, 7) is 3.53. The number of hydrogen-bond acceptors (Lipinski definition) is 4. The van der Waals surface area contributed by atoms with E-state index in [0.717, 1.165) is 19.6 Å². The summed E-state index contributed by atoms with van der Waals surface area (Å²) in [5.74, 6) is -1.73. The number of nitrogens with zero attached hydrogens (tertiary/aromatic N) is 1. The van der Waals surface area contributed by atoms with Gasteiger partial charge in [0.15, 0.2) is 5.76 Å². The van der Waals surface area contributed by atoms with Crippen molar-refractivity contribution < 1.29 is 19.1 Å². The predicted molar refractivity (Wildman–Crippen MR) is 68.3 cm³/mol. The Morgan fingerprint density at radius 2 is 1.89 bits per heavy atom. The zero-order valence-corrected chi connectivity index (χ0v) is 10.7. The number of likely N-dealkylation sites (tertiary alicyclic amines) is 1. The molecule has 1 amide bonds. The van der Waals surface area contributed by atoms with Gasteiger partial charge in [0.25, 0.3) is 5.91 Å². The topological polar surface area (TPSA) is 82.8 Å². The zero-order chi connectivity index (χ0) is 13.7. The Morgan fingerprint density at radius 3 is 2.53 bits per heavy atom. The van der Waals surface area contributed by atoms with E-state index in [2.05, 4.69) is 10.2 Å². The summed E-state index contributed by atoms with van der Waals surface area (Å²) in [7, 11) is 0. The molecule has 1 aliphatic rings. The van der Waals surface area contributed by atoms with E-state index in [4.69, 9.17) is 9.52 Å². The molecular weight excluding hydrogens is 248 g/mol. The number of carboxylic acid groups (broad SMARTS) is 1. The van der Waals surface area contributed by atoms with Gasteiger partial charge in [-0.1, -0.05) is 6.42 Å². The van der Waals surface area contributed by atoms with Crippen LogP contribution in [0.5, 0.6) is 0 Å². The molecule has 0 unspecified atom stereocenters. The van der Waals surface area contributed by atoms with Gasteiger partial charge in [0.2, 0.25) is 5.76 Å². The van der Waals surface area contributed by atoms with Gasteiger partial charge < -0.3 is 19.7 Å². The van der Waals surface area contributed by atoms with Crippen molar-refractivity contribution in [2.24, 2.45) is 0 Å². The maximum Gasteiger partial charge on any atom is 0.371 e. The smallest absolute Gasteiger partial charge is 0.371 e. The second-order valence-electron chi connectivity index (χ2n) is 4.63. The van der Waals surface area contributed by atoms with Crippen LogP contribution >= 0.6 is 0 Å².